The first-order valence-corrected chi connectivity index (χ1v) is 4.17. The lowest BCUT2D eigenvalue weighted by Gasteiger charge is -2.04. The molecule has 0 fully saturated rings. The van der Waals surface area contributed by atoms with E-state index >= 15 is 0 Å². The van der Waals surface area contributed by atoms with Crippen LogP contribution in [0.5, 0.6) is 0 Å². The third-order valence-electron chi connectivity index (χ3n) is 1.20. The molecule has 0 saturated carbocycles. The number of carbonyl (C=O) groups is 1. The molecule has 0 heterocycles. The largest absolute Gasteiger partial charge is 0.379 e. The van der Waals surface area contributed by atoms with Gasteiger partial charge >= 0.3 is 0 Å². The SMILES string of the molecule is CCOCCOCCNC(C)=O. The van der Waals surface area contributed by atoms with Crippen molar-refractivity contribution in [3.05, 3.63) is 0 Å². The predicted octanol–water partition coefficient (Wildman–Crippen LogP) is 0.176. The summed E-state index contributed by atoms with van der Waals surface area (Å²) in [5.41, 5.74) is 0. The molecule has 0 aliphatic heterocycles. The van der Waals surface area contributed by atoms with Crippen molar-refractivity contribution in [2.75, 3.05) is 33.0 Å². The van der Waals surface area contributed by atoms with Crippen LogP contribution in [0, 0.1) is 0 Å². The summed E-state index contributed by atoms with van der Waals surface area (Å²) in [7, 11) is 0. The van der Waals surface area contributed by atoms with E-state index in [9.17, 15) is 4.79 Å². The van der Waals surface area contributed by atoms with Crippen molar-refractivity contribution in [2.45, 2.75) is 13.8 Å². The van der Waals surface area contributed by atoms with E-state index in [0.29, 0.717) is 26.4 Å². The normalized spacial score (nSPS) is 9.83. The van der Waals surface area contributed by atoms with E-state index in [1.165, 1.54) is 6.92 Å². The fourth-order valence-corrected chi connectivity index (χ4v) is 0.663. The summed E-state index contributed by atoms with van der Waals surface area (Å²) in [4.78, 5) is 10.4. The molecule has 0 bridgehead atoms. The molecule has 4 heteroatoms. The monoisotopic (exact) mass is 175 g/mol. The van der Waals surface area contributed by atoms with Crippen LogP contribution in [0.25, 0.3) is 0 Å². The summed E-state index contributed by atoms with van der Waals surface area (Å²) < 4.78 is 10.2. The lowest BCUT2D eigenvalue weighted by atomic mass is 10.6. The van der Waals surface area contributed by atoms with Crippen molar-refractivity contribution in [1.29, 1.82) is 0 Å². The molecule has 0 aromatic heterocycles. The van der Waals surface area contributed by atoms with Crippen molar-refractivity contribution in [3.8, 4) is 0 Å². The zero-order valence-corrected chi connectivity index (χ0v) is 7.76. The van der Waals surface area contributed by atoms with Crippen LogP contribution in [0.4, 0.5) is 0 Å². The molecule has 0 aliphatic rings. The molecule has 0 saturated heterocycles. The zero-order chi connectivity index (χ0) is 9.23. The summed E-state index contributed by atoms with van der Waals surface area (Å²) in [5.74, 6) is -0.0246. The molecule has 0 aromatic carbocycles. The Morgan fingerprint density at radius 1 is 1.25 bits per heavy atom. The van der Waals surface area contributed by atoms with Crippen LogP contribution in [0.3, 0.4) is 0 Å². The number of rotatable bonds is 7. The van der Waals surface area contributed by atoms with Crippen LogP contribution in [-0.2, 0) is 14.3 Å². The van der Waals surface area contributed by atoms with Gasteiger partial charge in [0, 0.05) is 20.1 Å². The van der Waals surface area contributed by atoms with E-state index in [4.69, 9.17) is 9.47 Å². The Labute approximate surface area is 73.2 Å². The molecule has 1 amide bonds. The van der Waals surface area contributed by atoms with E-state index in [-0.39, 0.29) is 5.91 Å². The second-order valence-corrected chi connectivity index (χ2v) is 2.29. The highest BCUT2D eigenvalue weighted by Gasteiger charge is 1.90. The van der Waals surface area contributed by atoms with Gasteiger partial charge in [0.15, 0.2) is 0 Å². The van der Waals surface area contributed by atoms with Crippen LogP contribution >= 0.6 is 0 Å². The smallest absolute Gasteiger partial charge is 0.216 e. The van der Waals surface area contributed by atoms with Gasteiger partial charge in [-0.3, -0.25) is 4.79 Å². The first-order chi connectivity index (χ1) is 5.77. The lowest BCUT2D eigenvalue weighted by Crippen LogP contribution is -2.24. The summed E-state index contributed by atoms with van der Waals surface area (Å²) in [5, 5.41) is 2.63. The second-order valence-electron chi connectivity index (χ2n) is 2.29. The maximum atomic E-state index is 10.4. The maximum absolute atomic E-state index is 10.4. The van der Waals surface area contributed by atoms with Gasteiger partial charge in [-0.2, -0.15) is 0 Å². The van der Waals surface area contributed by atoms with Crippen LogP contribution in [0.1, 0.15) is 13.8 Å². The van der Waals surface area contributed by atoms with Gasteiger partial charge in [-0.15, -0.1) is 0 Å². The quantitative estimate of drug-likeness (QED) is 0.561. The summed E-state index contributed by atoms with van der Waals surface area (Å²) in [6, 6.07) is 0. The molecular weight excluding hydrogens is 158 g/mol. The Bertz CT molecular complexity index is 117. The Morgan fingerprint density at radius 3 is 2.50 bits per heavy atom. The maximum Gasteiger partial charge on any atom is 0.216 e. The molecule has 0 spiro atoms. The van der Waals surface area contributed by atoms with Crippen LogP contribution < -0.4 is 5.32 Å². The first-order valence-electron chi connectivity index (χ1n) is 4.17. The molecule has 0 unspecified atom stereocenters. The van der Waals surface area contributed by atoms with Gasteiger partial charge in [0.2, 0.25) is 5.91 Å². The highest BCUT2D eigenvalue weighted by atomic mass is 16.5. The zero-order valence-electron chi connectivity index (χ0n) is 7.76. The Morgan fingerprint density at radius 2 is 1.92 bits per heavy atom. The minimum absolute atomic E-state index is 0.0246. The predicted molar refractivity (Wildman–Crippen MR) is 46.0 cm³/mol. The van der Waals surface area contributed by atoms with Crippen molar-refractivity contribution in [2.24, 2.45) is 0 Å². The molecule has 0 aliphatic carbocycles. The van der Waals surface area contributed by atoms with Gasteiger partial charge < -0.3 is 14.8 Å². The standard InChI is InChI=1S/C8H17NO3/c1-3-11-6-7-12-5-4-9-8(2)10/h3-7H2,1-2H3,(H,9,10). The van der Waals surface area contributed by atoms with Gasteiger partial charge in [-0.05, 0) is 6.92 Å². The average Bonchev–Trinajstić information content (AvgIpc) is 2.02. The first kappa shape index (κ1) is 11.4. The molecule has 0 aromatic rings. The highest BCUT2D eigenvalue weighted by Crippen LogP contribution is 1.76. The molecular formula is C8H17NO3. The Kier molecular flexibility index (Phi) is 8.05. The van der Waals surface area contributed by atoms with Gasteiger partial charge in [0.1, 0.15) is 0 Å². The number of hydrogen-bond donors (Lipinski definition) is 1. The minimum atomic E-state index is -0.0246. The van der Waals surface area contributed by atoms with Crippen molar-refractivity contribution < 1.29 is 14.3 Å². The lowest BCUT2D eigenvalue weighted by molar-refractivity contribution is -0.119. The summed E-state index contributed by atoms with van der Waals surface area (Å²) in [6.45, 7) is 6.48. The third kappa shape index (κ3) is 9.39. The molecule has 0 rings (SSSR count). The van der Waals surface area contributed by atoms with Crippen LogP contribution in [-0.4, -0.2) is 38.9 Å². The average molecular weight is 175 g/mol. The summed E-state index contributed by atoms with van der Waals surface area (Å²) >= 11 is 0. The van der Waals surface area contributed by atoms with Crippen LogP contribution in [0.2, 0.25) is 0 Å². The molecule has 72 valence electrons. The topological polar surface area (TPSA) is 47.6 Å². The Balaban J connectivity index is 2.86. The van der Waals surface area contributed by atoms with E-state index in [2.05, 4.69) is 5.32 Å². The molecule has 0 radical (unpaired) electrons. The number of amides is 1. The van der Waals surface area contributed by atoms with Gasteiger partial charge in [-0.1, -0.05) is 0 Å². The Hall–Kier alpha value is -0.610. The van der Waals surface area contributed by atoms with Crippen molar-refractivity contribution in [3.63, 3.8) is 0 Å². The van der Waals surface area contributed by atoms with Gasteiger partial charge in [0.25, 0.3) is 0 Å². The van der Waals surface area contributed by atoms with Gasteiger partial charge in [0.05, 0.1) is 19.8 Å². The molecule has 12 heavy (non-hydrogen) atoms. The fraction of sp³-hybridized carbons (Fsp3) is 0.875. The number of carbonyl (C=O) groups excluding carboxylic acids is 1. The minimum Gasteiger partial charge on any atom is -0.379 e. The molecule has 0 atom stereocenters. The molecule has 1 N–H and O–H groups in total. The second kappa shape index (κ2) is 8.49. The highest BCUT2D eigenvalue weighted by molar-refractivity contribution is 5.72. The van der Waals surface area contributed by atoms with E-state index < -0.39 is 0 Å². The molecule has 4 nitrogen and oxygen atoms in total. The number of hydrogen-bond acceptors (Lipinski definition) is 3. The van der Waals surface area contributed by atoms with E-state index in [0.717, 1.165) is 6.61 Å². The van der Waals surface area contributed by atoms with Crippen molar-refractivity contribution in [1.82, 2.24) is 5.32 Å². The van der Waals surface area contributed by atoms with Crippen molar-refractivity contribution >= 4 is 5.91 Å². The summed E-state index contributed by atoms with van der Waals surface area (Å²) in [6.07, 6.45) is 0. The van der Waals surface area contributed by atoms with E-state index in [1.807, 2.05) is 6.92 Å². The third-order valence-corrected chi connectivity index (χ3v) is 1.20. The van der Waals surface area contributed by atoms with E-state index in [1.54, 1.807) is 0 Å². The fourth-order valence-electron chi connectivity index (χ4n) is 0.663. The van der Waals surface area contributed by atoms with Gasteiger partial charge in [-0.25, -0.2) is 0 Å². The number of nitrogens with one attached hydrogen (secondary N) is 1. The van der Waals surface area contributed by atoms with Crippen LogP contribution in [0.15, 0.2) is 0 Å². The number of ether oxygens (including phenoxy) is 2.